The molecule has 104 valence electrons. The Morgan fingerprint density at radius 1 is 1.05 bits per heavy atom. The van der Waals surface area contributed by atoms with Gasteiger partial charge >= 0.3 is 0 Å². The first-order valence-corrected chi connectivity index (χ1v) is 7.47. The summed E-state index contributed by atoms with van der Waals surface area (Å²) >= 11 is 0. The van der Waals surface area contributed by atoms with Crippen molar-refractivity contribution in [3.05, 3.63) is 59.7 Å². The molecule has 0 radical (unpaired) electrons. The quantitative estimate of drug-likeness (QED) is 0.813. The van der Waals surface area contributed by atoms with Crippen molar-refractivity contribution in [2.24, 2.45) is 4.40 Å². The molecule has 0 amide bonds. The molecule has 0 aliphatic heterocycles. The summed E-state index contributed by atoms with van der Waals surface area (Å²) in [5.41, 5.74) is 1.61. The van der Waals surface area contributed by atoms with E-state index in [1.54, 1.807) is 42.5 Å². The van der Waals surface area contributed by atoms with Gasteiger partial charge in [0.1, 0.15) is 5.75 Å². The van der Waals surface area contributed by atoms with Crippen molar-refractivity contribution in [2.75, 3.05) is 7.11 Å². The molecule has 0 atom stereocenters. The molecular weight excluding hydrogens is 274 g/mol. The van der Waals surface area contributed by atoms with E-state index in [0.717, 1.165) is 5.56 Å². The minimum Gasteiger partial charge on any atom is -0.496 e. The van der Waals surface area contributed by atoms with Gasteiger partial charge in [0.15, 0.2) is 0 Å². The lowest BCUT2D eigenvalue weighted by atomic mass is 10.2. The van der Waals surface area contributed by atoms with Crippen molar-refractivity contribution in [1.29, 1.82) is 0 Å². The van der Waals surface area contributed by atoms with Crippen LogP contribution in [0.2, 0.25) is 0 Å². The summed E-state index contributed by atoms with van der Waals surface area (Å²) in [6.07, 6.45) is 1.30. The zero-order valence-electron chi connectivity index (χ0n) is 11.3. The lowest BCUT2D eigenvalue weighted by Gasteiger charge is -2.03. The molecule has 0 saturated heterocycles. The third-order valence-electron chi connectivity index (χ3n) is 2.79. The SMILES string of the molecule is COc1ccccc1C=NS(=O)(=O)c1ccc(C)cc1. The summed E-state index contributed by atoms with van der Waals surface area (Å²) in [4.78, 5) is 0.175. The number of benzene rings is 2. The third kappa shape index (κ3) is 3.24. The van der Waals surface area contributed by atoms with Gasteiger partial charge in [0.25, 0.3) is 10.0 Å². The number of hydrogen-bond donors (Lipinski definition) is 0. The van der Waals surface area contributed by atoms with Crippen molar-refractivity contribution in [2.45, 2.75) is 11.8 Å². The van der Waals surface area contributed by atoms with Crippen LogP contribution in [-0.2, 0) is 10.0 Å². The zero-order chi connectivity index (χ0) is 14.6. The van der Waals surface area contributed by atoms with Crippen molar-refractivity contribution in [3.8, 4) is 5.75 Å². The smallest absolute Gasteiger partial charge is 0.282 e. The van der Waals surface area contributed by atoms with E-state index in [1.165, 1.54) is 13.3 Å². The number of sulfonamides is 1. The van der Waals surface area contributed by atoms with E-state index in [-0.39, 0.29) is 4.90 Å². The van der Waals surface area contributed by atoms with Crippen LogP contribution in [-0.4, -0.2) is 21.7 Å². The van der Waals surface area contributed by atoms with E-state index in [0.29, 0.717) is 11.3 Å². The van der Waals surface area contributed by atoms with Crippen molar-refractivity contribution in [3.63, 3.8) is 0 Å². The van der Waals surface area contributed by atoms with Gasteiger partial charge in [-0.3, -0.25) is 0 Å². The first-order chi connectivity index (χ1) is 9.53. The van der Waals surface area contributed by atoms with Crippen LogP contribution in [0, 0.1) is 6.92 Å². The monoisotopic (exact) mass is 289 g/mol. The van der Waals surface area contributed by atoms with Gasteiger partial charge in [0.05, 0.1) is 18.2 Å². The molecule has 2 rings (SSSR count). The molecule has 0 aliphatic carbocycles. The second kappa shape index (κ2) is 5.88. The molecule has 0 N–H and O–H groups in total. The summed E-state index contributed by atoms with van der Waals surface area (Å²) in [7, 11) is -2.16. The maximum absolute atomic E-state index is 12.1. The second-order valence-corrected chi connectivity index (χ2v) is 5.90. The van der Waals surface area contributed by atoms with E-state index in [9.17, 15) is 8.42 Å². The number of methoxy groups -OCH3 is 1. The van der Waals surface area contributed by atoms with E-state index in [4.69, 9.17) is 4.74 Å². The Morgan fingerprint density at radius 3 is 2.35 bits per heavy atom. The minimum absolute atomic E-state index is 0.175. The average molecular weight is 289 g/mol. The Labute approximate surface area is 118 Å². The molecule has 2 aromatic carbocycles. The molecule has 0 heterocycles. The van der Waals surface area contributed by atoms with Gasteiger partial charge in [-0.05, 0) is 31.2 Å². The summed E-state index contributed by atoms with van der Waals surface area (Å²) in [6, 6.07) is 13.7. The number of rotatable bonds is 4. The van der Waals surface area contributed by atoms with Crippen LogP contribution < -0.4 is 4.74 Å². The second-order valence-electron chi connectivity index (χ2n) is 4.26. The molecule has 4 nitrogen and oxygen atoms in total. The lowest BCUT2D eigenvalue weighted by molar-refractivity contribution is 0.414. The highest BCUT2D eigenvalue weighted by atomic mass is 32.2. The molecule has 0 bridgehead atoms. The molecule has 0 unspecified atom stereocenters. The van der Waals surface area contributed by atoms with Gasteiger partial charge in [-0.2, -0.15) is 12.8 Å². The fourth-order valence-corrected chi connectivity index (χ4v) is 2.52. The molecule has 2 aromatic rings. The molecule has 0 saturated carbocycles. The Balaban J connectivity index is 2.32. The Hall–Kier alpha value is -2.14. The van der Waals surface area contributed by atoms with Crippen molar-refractivity contribution in [1.82, 2.24) is 0 Å². The highest BCUT2D eigenvalue weighted by Crippen LogP contribution is 2.17. The maximum atomic E-state index is 12.1. The topological polar surface area (TPSA) is 55.7 Å². The van der Waals surface area contributed by atoms with Crippen LogP contribution in [0.25, 0.3) is 0 Å². The van der Waals surface area contributed by atoms with Gasteiger partial charge in [-0.15, -0.1) is 0 Å². The zero-order valence-corrected chi connectivity index (χ0v) is 12.1. The first-order valence-electron chi connectivity index (χ1n) is 6.03. The summed E-state index contributed by atoms with van der Waals surface area (Å²) in [5, 5.41) is 0. The summed E-state index contributed by atoms with van der Waals surface area (Å²) in [5.74, 6) is 0.579. The predicted octanol–water partition coefficient (Wildman–Crippen LogP) is 2.81. The average Bonchev–Trinajstić information content (AvgIpc) is 2.46. The fraction of sp³-hybridized carbons (Fsp3) is 0.133. The molecule has 0 aromatic heterocycles. The molecule has 0 spiro atoms. The highest BCUT2D eigenvalue weighted by Gasteiger charge is 2.11. The predicted molar refractivity (Wildman–Crippen MR) is 79.0 cm³/mol. The number of nitrogens with zero attached hydrogens (tertiary/aromatic N) is 1. The largest absolute Gasteiger partial charge is 0.496 e. The van der Waals surface area contributed by atoms with E-state index < -0.39 is 10.0 Å². The highest BCUT2D eigenvalue weighted by molar-refractivity contribution is 7.90. The number of hydrogen-bond acceptors (Lipinski definition) is 3. The summed E-state index contributed by atoms with van der Waals surface area (Å²) < 4.78 is 33.0. The molecular formula is C15H15NO3S. The molecule has 5 heteroatoms. The Bertz CT molecular complexity index is 719. The van der Waals surface area contributed by atoms with Gasteiger partial charge in [0, 0.05) is 5.56 Å². The van der Waals surface area contributed by atoms with Gasteiger partial charge in [-0.25, -0.2) is 0 Å². The fourth-order valence-electron chi connectivity index (χ4n) is 1.67. The summed E-state index contributed by atoms with van der Waals surface area (Å²) in [6.45, 7) is 1.90. The van der Waals surface area contributed by atoms with Gasteiger partial charge in [0.2, 0.25) is 0 Å². The number of ether oxygens (including phenoxy) is 1. The van der Waals surface area contributed by atoms with Crippen LogP contribution in [0.1, 0.15) is 11.1 Å². The Morgan fingerprint density at radius 2 is 1.70 bits per heavy atom. The first kappa shape index (κ1) is 14.3. The number of aryl methyl sites for hydroxylation is 1. The van der Waals surface area contributed by atoms with Crippen LogP contribution >= 0.6 is 0 Å². The lowest BCUT2D eigenvalue weighted by Crippen LogP contribution is -1.98. The molecule has 20 heavy (non-hydrogen) atoms. The third-order valence-corrected chi connectivity index (χ3v) is 4.04. The van der Waals surface area contributed by atoms with Crippen LogP contribution in [0.3, 0.4) is 0 Å². The van der Waals surface area contributed by atoms with E-state index in [1.807, 2.05) is 13.0 Å². The maximum Gasteiger partial charge on any atom is 0.282 e. The van der Waals surface area contributed by atoms with Gasteiger partial charge in [-0.1, -0.05) is 29.8 Å². The standard InChI is InChI=1S/C15H15NO3S/c1-12-7-9-14(10-8-12)20(17,18)16-11-13-5-3-4-6-15(13)19-2/h3-11H,1-2H3. The van der Waals surface area contributed by atoms with Crippen LogP contribution in [0.4, 0.5) is 0 Å². The van der Waals surface area contributed by atoms with E-state index >= 15 is 0 Å². The Kier molecular flexibility index (Phi) is 4.20. The van der Waals surface area contributed by atoms with Crippen LogP contribution in [0.15, 0.2) is 57.8 Å². The van der Waals surface area contributed by atoms with E-state index in [2.05, 4.69) is 4.40 Å². The molecule has 0 aliphatic rings. The number of para-hydroxylation sites is 1. The van der Waals surface area contributed by atoms with Crippen molar-refractivity contribution >= 4 is 16.2 Å². The van der Waals surface area contributed by atoms with Gasteiger partial charge < -0.3 is 4.74 Å². The minimum atomic E-state index is -3.69. The normalized spacial score (nSPS) is 11.7. The van der Waals surface area contributed by atoms with Crippen molar-refractivity contribution < 1.29 is 13.2 Å². The molecule has 0 fully saturated rings. The van der Waals surface area contributed by atoms with Crippen LogP contribution in [0.5, 0.6) is 5.75 Å².